The monoisotopic (exact) mass is 491 g/mol. The zero-order chi connectivity index (χ0) is 26.0. The van der Waals surface area contributed by atoms with E-state index in [4.69, 9.17) is 0 Å². The number of carbonyl (C=O) groups excluding carboxylic acids is 1. The highest BCUT2D eigenvalue weighted by molar-refractivity contribution is 5.83. The van der Waals surface area contributed by atoms with Gasteiger partial charge in [-0.05, 0) is 55.9 Å². The van der Waals surface area contributed by atoms with Crippen LogP contribution in [0.4, 0.5) is 17.6 Å². The Hall–Kier alpha value is -2.96. The van der Waals surface area contributed by atoms with Crippen LogP contribution < -0.4 is 10.6 Å². The summed E-state index contributed by atoms with van der Waals surface area (Å²) >= 11 is 0. The predicted molar refractivity (Wildman–Crippen MR) is 124 cm³/mol. The fourth-order valence-electron chi connectivity index (χ4n) is 3.99. The number of nitrogens with one attached hydrogen (secondary N) is 2. The van der Waals surface area contributed by atoms with Crippen LogP contribution in [-0.2, 0) is 4.79 Å². The Morgan fingerprint density at radius 2 is 1.71 bits per heavy atom. The van der Waals surface area contributed by atoms with E-state index < -0.39 is 47.9 Å². The van der Waals surface area contributed by atoms with Gasteiger partial charge in [-0.2, -0.15) is 18.4 Å². The molecular weight excluding hydrogens is 462 g/mol. The fourth-order valence-corrected chi connectivity index (χ4v) is 3.99. The van der Waals surface area contributed by atoms with Crippen molar-refractivity contribution >= 4 is 5.91 Å². The van der Waals surface area contributed by atoms with Gasteiger partial charge in [-0.1, -0.05) is 48.5 Å². The number of carbonyl (C=O) groups is 1. The van der Waals surface area contributed by atoms with Crippen LogP contribution in [0.1, 0.15) is 63.3 Å². The molecule has 188 valence electrons. The number of rotatable bonds is 9. The molecule has 1 fully saturated rings. The van der Waals surface area contributed by atoms with Crippen LogP contribution in [0.2, 0.25) is 0 Å². The Morgan fingerprint density at radius 3 is 2.20 bits per heavy atom. The van der Waals surface area contributed by atoms with E-state index in [9.17, 15) is 32.7 Å². The van der Waals surface area contributed by atoms with Crippen molar-refractivity contribution in [3.8, 4) is 17.2 Å². The number of alkyl halides is 4. The second kappa shape index (κ2) is 9.96. The molecule has 1 unspecified atom stereocenters. The summed E-state index contributed by atoms with van der Waals surface area (Å²) in [6.45, 7) is 3.97. The van der Waals surface area contributed by atoms with Crippen molar-refractivity contribution in [1.29, 1.82) is 5.26 Å². The molecule has 0 saturated heterocycles. The quantitative estimate of drug-likeness (QED) is 0.417. The van der Waals surface area contributed by atoms with Gasteiger partial charge in [-0.3, -0.25) is 10.1 Å². The number of nitrogens with zero attached hydrogens (tertiary/aromatic N) is 1. The SMILES string of the molecule is CC(O)c1ccccc1-c1ccc([C@H](N[C@@H](CC(C)(C)F)C(=O)NC2(C#N)CC2)C(F)(F)F)cc1. The molecule has 2 aromatic rings. The number of nitriles is 1. The topological polar surface area (TPSA) is 85.2 Å². The number of benzene rings is 2. The van der Waals surface area contributed by atoms with Crippen LogP contribution in [-0.4, -0.2) is 34.4 Å². The van der Waals surface area contributed by atoms with Gasteiger partial charge in [0.2, 0.25) is 5.91 Å². The van der Waals surface area contributed by atoms with Crippen LogP contribution >= 0.6 is 0 Å². The lowest BCUT2D eigenvalue weighted by molar-refractivity contribution is -0.161. The van der Waals surface area contributed by atoms with Gasteiger partial charge in [-0.25, -0.2) is 4.39 Å². The molecule has 9 heteroatoms. The van der Waals surface area contributed by atoms with Gasteiger partial charge in [0.15, 0.2) is 0 Å². The molecule has 1 saturated carbocycles. The molecule has 1 aliphatic carbocycles. The van der Waals surface area contributed by atoms with Gasteiger partial charge in [0.1, 0.15) is 17.2 Å². The molecule has 0 heterocycles. The highest BCUT2D eigenvalue weighted by Gasteiger charge is 2.48. The summed E-state index contributed by atoms with van der Waals surface area (Å²) in [5.74, 6) is -0.841. The maximum absolute atomic E-state index is 14.4. The lowest BCUT2D eigenvalue weighted by atomic mass is 9.94. The van der Waals surface area contributed by atoms with Crippen LogP contribution in [0.3, 0.4) is 0 Å². The summed E-state index contributed by atoms with van der Waals surface area (Å²) in [4.78, 5) is 12.8. The minimum atomic E-state index is -4.77. The van der Waals surface area contributed by atoms with Crippen LogP contribution in [0.5, 0.6) is 0 Å². The van der Waals surface area contributed by atoms with Gasteiger partial charge < -0.3 is 10.4 Å². The third kappa shape index (κ3) is 6.80. The first-order valence-electron chi connectivity index (χ1n) is 11.4. The molecule has 1 amide bonds. The van der Waals surface area contributed by atoms with Crippen molar-refractivity contribution < 1.29 is 27.5 Å². The Morgan fingerprint density at radius 1 is 1.11 bits per heavy atom. The number of hydrogen-bond acceptors (Lipinski definition) is 4. The molecule has 5 nitrogen and oxygen atoms in total. The van der Waals surface area contributed by atoms with Gasteiger partial charge in [0.05, 0.1) is 18.2 Å². The van der Waals surface area contributed by atoms with Crippen LogP contribution in [0.15, 0.2) is 48.5 Å². The molecule has 1 aliphatic rings. The third-order valence-corrected chi connectivity index (χ3v) is 5.99. The molecule has 2 aromatic carbocycles. The lowest BCUT2D eigenvalue weighted by Crippen LogP contribution is -2.53. The smallest absolute Gasteiger partial charge is 0.389 e. The number of halogens is 4. The van der Waals surface area contributed by atoms with Crippen molar-refractivity contribution in [1.82, 2.24) is 10.6 Å². The summed E-state index contributed by atoms with van der Waals surface area (Å²) < 4.78 is 56.7. The Kier molecular flexibility index (Phi) is 7.58. The number of amides is 1. The van der Waals surface area contributed by atoms with Crippen LogP contribution in [0.25, 0.3) is 11.1 Å². The second-order valence-corrected chi connectivity index (χ2v) is 9.69. The highest BCUT2D eigenvalue weighted by Crippen LogP contribution is 2.37. The van der Waals surface area contributed by atoms with Crippen molar-refractivity contribution in [2.24, 2.45) is 0 Å². The van der Waals surface area contributed by atoms with E-state index in [0.717, 1.165) is 0 Å². The summed E-state index contributed by atoms with van der Waals surface area (Å²) in [5.41, 5.74) is -1.22. The minimum Gasteiger partial charge on any atom is -0.389 e. The Bertz CT molecular complexity index is 1080. The fraction of sp³-hybridized carbons (Fsp3) is 0.462. The normalized spacial score (nSPS) is 17.7. The van der Waals surface area contributed by atoms with Gasteiger partial charge >= 0.3 is 6.18 Å². The van der Waals surface area contributed by atoms with Crippen molar-refractivity contribution in [2.75, 3.05) is 0 Å². The molecule has 3 atom stereocenters. The lowest BCUT2D eigenvalue weighted by Gasteiger charge is -2.30. The zero-order valence-electron chi connectivity index (χ0n) is 19.8. The van der Waals surface area contributed by atoms with E-state index in [0.29, 0.717) is 29.5 Å². The maximum Gasteiger partial charge on any atom is 0.407 e. The number of aliphatic hydroxyl groups is 1. The third-order valence-electron chi connectivity index (χ3n) is 5.99. The van der Waals surface area contributed by atoms with E-state index in [1.807, 2.05) is 6.07 Å². The van der Waals surface area contributed by atoms with Gasteiger partial charge in [0.25, 0.3) is 0 Å². The van der Waals surface area contributed by atoms with E-state index >= 15 is 0 Å². The van der Waals surface area contributed by atoms with Crippen molar-refractivity contribution in [3.05, 3.63) is 59.7 Å². The van der Waals surface area contributed by atoms with E-state index in [2.05, 4.69) is 10.6 Å². The maximum atomic E-state index is 14.4. The zero-order valence-corrected chi connectivity index (χ0v) is 19.8. The molecule has 0 bridgehead atoms. The first-order chi connectivity index (χ1) is 16.2. The number of aliphatic hydroxyl groups excluding tert-OH is 1. The molecular formula is C26H29F4N3O2. The average molecular weight is 492 g/mol. The Labute approximate surface area is 202 Å². The van der Waals surface area contributed by atoms with Crippen molar-refractivity contribution in [2.45, 2.75) is 75.6 Å². The standard InChI is InChI=1S/C26H29F4N3O2/c1-16(34)19-6-4-5-7-20(19)17-8-10-18(11-9-17)22(26(28,29)30)32-21(14-24(2,3)27)23(35)33-25(15-31)12-13-25/h4-11,16,21-22,32,34H,12-14H2,1-3H3,(H,33,35)/t16?,21-,22-/m0/s1. The molecule has 0 aliphatic heterocycles. The van der Waals surface area contributed by atoms with Gasteiger partial charge in [-0.15, -0.1) is 0 Å². The molecule has 3 rings (SSSR count). The molecule has 3 N–H and O–H groups in total. The van der Waals surface area contributed by atoms with E-state index in [-0.39, 0.29) is 5.56 Å². The first-order valence-corrected chi connectivity index (χ1v) is 11.4. The summed E-state index contributed by atoms with van der Waals surface area (Å²) in [7, 11) is 0. The highest BCUT2D eigenvalue weighted by atomic mass is 19.4. The Balaban J connectivity index is 1.90. The van der Waals surface area contributed by atoms with Crippen molar-refractivity contribution in [3.63, 3.8) is 0 Å². The summed E-state index contributed by atoms with van der Waals surface area (Å²) in [6.07, 6.45) is -5.24. The largest absolute Gasteiger partial charge is 0.407 e. The summed E-state index contributed by atoms with van der Waals surface area (Å²) in [6, 6.07) is 10.9. The molecule has 0 radical (unpaired) electrons. The molecule has 35 heavy (non-hydrogen) atoms. The number of hydrogen-bond donors (Lipinski definition) is 3. The second-order valence-electron chi connectivity index (χ2n) is 9.69. The average Bonchev–Trinajstić information content (AvgIpc) is 3.55. The van der Waals surface area contributed by atoms with Gasteiger partial charge in [0, 0.05) is 6.42 Å². The molecule has 0 aromatic heterocycles. The first kappa shape index (κ1) is 26.6. The van der Waals surface area contributed by atoms with Crippen LogP contribution in [0, 0.1) is 11.3 Å². The summed E-state index contributed by atoms with van der Waals surface area (Å²) in [5, 5.41) is 24.0. The van der Waals surface area contributed by atoms with E-state index in [1.165, 1.54) is 38.1 Å². The minimum absolute atomic E-state index is 0.147. The predicted octanol–water partition coefficient (Wildman–Crippen LogP) is 5.28. The van der Waals surface area contributed by atoms with E-state index in [1.54, 1.807) is 31.2 Å². The molecule has 0 spiro atoms.